The molecule has 0 saturated heterocycles. The number of ether oxygens (including phenoxy) is 1. The van der Waals surface area contributed by atoms with E-state index in [1.165, 1.54) is 12.7 Å². The molecule has 124 valence electrons. The summed E-state index contributed by atoms with van der Waals surface area (Å²) < 4.78 is 43.1. The highest BCUT2D eigenvalue weighted by atomic mass is 32.2. The highest BCUT2D eigenvalue weighted by Crippen LogP contribution is 2.40. The molecule has 0 aliphatic rings. The first-order valence-corrected chi connectivity index (χ1v) is 8.39. The third kappa shape index (κ3) is 4.93. The van der Waals surface area contributed by atoms with Gasteiger partial charge in [0.15, 0.2) is 0 Å². The van der Waals surface area contributed by atoms with Gasteiger partial charge in [0.05, 0.1) is 12.9 Å². The maximum atomic E-state index is 12.6. The Kier molecular flexibility index (Phi) is 5.99. The minimum atomic E-state index is -4.20. The Morgan fingerprint density at radius 1 is 1.09 bits per heavy atom. The van der Waals surface area contributed by atoms with Gasteiger partial charge >= 0.3 is 6.18 Å². The standard InChI is InChI=1S/C18H19F3OS/c1-3-6-13-7-4-8-14(11-13)17-15(22-2)9-5-10-16(17)23-12-18(19,20)21/h4-5,7-11H,3,6,12H2,1-2H3. The van der Waals surface area contributed by atoms with Crippen LogP contribution in [0.25, 0.3) is 11.1 Å². The number of aryl methyl sites for hydroxylation is 1. The lowest BCUT2D eigenvalue weighted by Crippen LogP contribution is -2.10. The molecule has 0 aliphatic heterocycles. The fraction of sp³-hybridized carbons (Fsp3) is 0.333. The van der Waals surface area contributed by atoms with Gasteiger partial charge < -0.3 is 4.74 Å². The molecule has 0 aromatic heterocycles. The molecule has 2 aromatic carbocycles. The van der Waals surface area contributed by atoms with Gasteiger partial charge in [0.1, 0.15) is 5.75 Å². The van der Waals surface area contributed by atoms with Crippen molar-refractivity contribution in [3.63, 3.8) is 0 Å². The fourth-order valence-corrected chi connectivity index (χ4v) is 3.27. The van der Waals surface area contributed by atoms with Crippen molar-refractivity contribution < 1.29 is 17.9 Å². The predicted molar refractivity (Wildman–Crippen MR) is 89.2 cm³/mol. The number of alkyl halides is 3. The highest BCUT2D eigenvalue weighted by molar-refractivity contribution is 7.99. The Labute approximate surface area is 138 Å². The number of halogens is 3. The molecule has 0 saturated carbocycles. The predicted octanol–water partition coefficient (Wildman–Crippen LogP) is 5.97. The lowest BCUT2D eigenvalue weighted by atomic mass is 10.0. The van der Waals surface area contributed by atoms with Gasteiger partial charge in [-0.15, -0.1) is 11.8 Å². The molecule has 0 bridgehead atoms. The number of benzene rings is 2. The first-order chi connectivity index (χ1) is 10.9. The van der Waals surface area contributed by atoms with Crippen LogP contribution in [-0.2, 0) is 6.42 Å². The minimum absolute atomic E-state index is 0.579. The van der Waals surface area contributed by atoms with Crippen LogP contribution < -0.4 is 4.74 Å². The summed E-state index contributed by atoms with van der Waals surface area (Å²) in [4.78, 5) is 0.579. The molecule has 2 aromatic rings. The lowest BCUT2D eigenvalue weighted by Gasteiger charge is -2.15. The Morgan fingerprint density at radius 3 is 2.48 bits per heavy atom. The fourth-order valence-electron chi connectivity index (χ4n) is 2.42. The molecular formula is C18H19F3OS. The number of hydrogen-bond acceptors (Lipinski definition) is 2. The molecule has 0 atom stereocenters. The second kappa shape index (κ2) is 7.77. The smallest absolute Gasteiger partial charge is 0.398 e. The van der Waals surface area contributed by atoms with Crippen LogP contribution in [0.2, 0.25) is 0 Å². The third-order valence-electron chi connectivity index (χ3n) is 3.35. The molecule has 0 radical (unpaired) electrons. The molecule has 5 heteroatoms. The summed E-state index contributed by atoms with van der Waals surface area (Å²) in [5, 5.41) is 0. The van der Waals surface area contributed by atoms with Crippen molar-refractivity contribution in [3.05, 3.63) is 48.0 Å². The van der Waals surface area contributed by atoms with Gasteiger partial charge in [-0.05, 0) is 29.7 Å². The molecular weight excluding hydrogens is 321 g/mol. The second-order valence-corrected chi connectivity index (χ2v) is 6.20. The highest BCUT2D eigenvalue weighted by Gasteiger charge is 2.28. The summed E-state index contributed by atoms with van der Waals surface area (Å²) >= 11 is 0.793. The van der Waals surface area contributed by atoms with E-state index in [0.717, 1.165) is 35.7 Å². The van der Waals surface area contributed by atoms with Gasteiger partial charge in [-0.1, -0.05) is 43.7 Å². The van der Waals surface area contributed by atoms with Crippen LogP contribution >= 0.6 is 11.8 Å². The van der Waals surface area contributed by atoms with Crippen LogP contribution in [-0.4, -0.2) is 19.0 Å². The summed E-state index contributed by atoms with van der Waals surface area (Å²) in [7, 11) is 1.53. The van der Waals surface area contributed by atoms with Gasteiger partial charge in [-0.3, -0.25) is 0 Å². The van der Waals surface area contributed by atoms with E-state index in [1.54, 1.807) is 18.2 Å². The second-order valence-electron chi connectivity index (χ2n) is 5.19. The van der Waals surface area contributed by atoms with E-state index in [1.807, 2.05) is 24.3 Å². The number of methoxy groups -OCH3 is 1. The third-order valence-corrected chi connectivity index (χ3v) is 4.48. The normalized spacial score (nSPS) is 11.5. The van der Waals surface area contributed by atoms with Crippen molar-refractivity contribution in [2.24, 2.45) is 0 Å². The Morgan fingerprint density at radius 2 is 1.83 bits per heavy atom. The van der Waals surface area contributed by atoms with Crippen molar-refractivity contribution in [3.8, 4) is 16.9 Å². The van der Waals surface area contributed by atoms with E-state index in [0.29, 0.717) is 10.6 Å². The van der Waals surface area contributed by atoms with Gasteiger partial charge in [-0.2, -0.15) is 13.2 Å². The van der Waals surface area contributed by atoms with Crippen LogP contribution in [0, 0.1) is 0 Å². The average Bonchev–Trinajstić information content (AvgIpc) is 2.52. The summed E-state index contributed by atoms with van der Waals surface area (Å²) in [6.45, 7) is 2.10. The van der Waals surface area contributed by atoms with E-state index in [4.69, 9.17) is 4.74 Å². The van der Waals surface area contributed by atoms with Crippen LogP contribution in [0.5, 0.6) is 5.75 Å². The van der Waals surface area contributed by atoms with Crippen LogP contribution in [0.1, 0.15) is 18.9 Å². The zero-order chi connectivity index (χ0) is 16.9. The molecule has 0 fully saturated rings. The van der Waals surface area contributed by atoms with Crippen molar-refractivity contribution >= 4 is 11.8 Å². The van der Waals surface area contributed by atoms with E-state index in [9.17, 15) is 13.2 Å². The first kappa shape index (κ1) is 17.7. The molecule has 0 unspecified atom stereocenters. The Bertz CT molecular complexity index is 653. The number of hydrogen-bond donors (Lipinski definition) is 0. The van der Waals surface area contributed by atoms with Crippen molar-refractivity contribution in [1.82, 2.24) is 0 Å². The molecule has 2 rings (SSSR count). The maximum Gasteiger partial charge on any atom is 0.398 e. The van der Waals surface area contributed by atoms with Crippen molar-refractivity contribution in [1.29, 1.82) is 0 Å². The molecule has 0 amide bonds. The van der Waals surface area contributed by atoms with Crippen molar-refractivity contribution in [2.45, 2.75) is 30.8 Å². The van der Waals surface area contributed by atoms with Crippen LogP contribution in [0.15, 0.2) is 47.4 Å². The Balaban J connectivity index is 2.44. The average molecular weight is 340 g/mol. The molecule has 23 heavy (non-hydrogen) atoms. The number of thioether (sulfide) groups is 1. The summed E-state index contributed by atoms with van der Waals surface area (Å²) in [5.41, 5.74) is 2.78. The molecule has 1 nitrogen and oxygen atoms in total. The van der Waals surface area contributed by atoms with Crippen molar-refractivity contribution in [2.75, 3.05) is 12.9 Å². The maximum absolute atomic E-state index is 12.6. The minimum Gasteiger partial charge on any atom is -0.496 e. The van der Waals surface area contributed by atoms with E-state index < -0.39 is 11.9 Å². The van der Waals surface area contributed by atoms with Gasteiger partial charge in [0, 0.05) is 10.5 Å². The van der Waals surface area contributed by atoms with Gasteiger partial charge in [0.25, 0.3) is 0 Å². The monoisotopic (exact) mass is 340 g/mol. The Hall–Kier alpha value is -1.62. The van der Waals surface area contributed by atoms with Gasteiger partial charge in [0.2, 0.25) is 0 Å². The topological polar surface area (TPSA) is 9.23 Å². The molecule has 0 spiro atoms. The van der Waals surface area contributed by atoms with Crippen LogP contribution in [0.4, 0.5) is 13.2 Å². The van der Waals surface area contributed by atoms with E-state index in [2.05, 4.69) is 6.92 Å². The van der Waals surface area contributed by atoms with Crippen LogP contribution in [0.3, 0.4) is 0 Å². The quantitative estimate of drug-likeness (QED) is 0.599. The molecule has 0 aliphatic carbocycles. The lowest BCUT2D eigenvalue weighted by molar-refractivity contribution is -0.105. The van der Waals surface area contributed by atoms with E-state index >= 15 is 0 Å². The van der Waals surface area contributed by atoms with E-state index in [-0.39, 0.29) is 0 Å². The summed E-state index contributed by atoms with van der Waals surface area (Å²) in [6, 6.07) is 13.1. The first-order valence-electron chi connectivity index (χ1n) is 7.40. The SMILES string of the molecule is CCCc1cccc(-c2c(OC)cccc2SCC(F)(F)F)c1. The zero-order valence-corrected chi connectivity index (χ0v) is 13.9. The zero-order valence-electron chi connectivity index (χ0n) is 13.1. The molecule has 0 heterocycles. The summed E-state index contributed by atoms with van der Waals surface area (Å²) in [5.74, 6) is -0.326. The summed E-state index contributed by atoms with van der Waals surface area (Å²) in [6.07, 6.45) is -2.24. The molecule has 0 N–H and O–H groups in total. The van der Waals surface area contributed by atoms with Gasteiger partial charge in [-0.25, -0.2) is 0 Å². The number of rotatable bonds is 6. The largest absolute Gasteiger partial charge is 0.496 e.